The molecule has 2 unspecified atom stereocenters. The minimum Gasteiger partial charge on any atom is -0.334 e. The summed E-state index contributed by atoms with van der Waals surface area (Å²) in [6.07, 6.45) is 5.28. The van der Waals surface area contributed by atoms with E-state index >= 15 is 0 Å². The van der Waals surface area contributed by atoms with Gasteiger partial charge < -0.3 is 10.2 Å². The van der Waals surface area contributed by atoms with Crippen LogP contribution < -0.4 is 5.32 Å². The number of carbonyl (C=O) groups excluding carboxylic acids is 1. The predicted octanol–water partition coefficient (Wildman–Crippen LogP) is 3.54. The van der Waals surface area contributed by atoms with E-state index in [4.69, 9.17) is 11.6 Å². The van der Waals surface area contributed by atoms with Crippen LogP contribution in [-0.2, 0) is 4.79 Å². The van der Waals surface area contributed by atoms with Crippen molar-refractivity contribution in [2.75, 3.05) is 13.1 Å². The molecule has 1 aromatic carbocycles. The third-order valence-corrected chi connectivity index (χ3v) is 5.21. The molecule has 114 valence electrons. The number of likely N-dealkylation sites (tertiary alicyclic amines) is 1. The van der Waals surface area contributed by atoms with Crippen molar-refractivity contribution in [2.45, 2.75) is 50.6 Å². The largest absolute Gasteiger partial charge is 0.334 e. The third-order valence-electron chi connectivity index (χ3n) is 4.87. The molecule has 0 bridgehead atoms. The van der Waals surface area contributed by atoms with Gasteiger partial charge in [0, 0.05) is 11.6 Å². The van der Waals surface area contributed by atoms with E-state index in [2.05, 4.69) is 18.3 Å². The number of benzene rings is 1. The lowest BCUT2D eigenvalue weighted by molar-refractivity contribution is -0.139. The first-order valence-electron chi connectivity index (χ1n) is 7.92. The SMILES string of the molecule is CC1(C(=O)N2CCCC2c2ccccc2Cl)CCCCN1. The Morgan fingerprint density at radius 3 is 2.86 bits per heavy atom. The van der Waals surface area contributed by atoms with Gasteiger partial charge in [0.2, 0.25) is 5.91 Å². The van der Waals surface area contributed by atoms with Gasteiger partial charge in [-0.25, -0.2) is 0 Å². The smallest absolute Gasteiger partial charge is 0.243 e. The highest BCUT2D eigenvalue weighted by Gasteiger charge is 2.42. The Kier molecular flexibility index (Phi) is 4.23. The van der Waals surface area contributed by atoms with E-state index in [-0.39, 0.29) is 11.9 Å². The lowest BCUT2D eigenvalue weighted by Gasteiger charge is -2.39. The topological polar surface area (TPSA) is 32.3 Å². The molecule has 0 saturated carbocycles. The van der Waals surface area contributed by atoms with Crippen LogP contribution in [0.25, 0.3) is 0 Å². The molecule has 2 heterocycles. The monoisotopic (exact) mass is 306 g/mol. The Labute approximate surface area is 131 Å². The summed E-state index contributed by atoms with van der Waals surface area (Å²) in [5.74, 6) is 0.240. The first kappa shape index (κ1) is 14.9. The first-order valence-corrected chi connectivity index (χ1v) is 8.30. The van der Waals surface area contributed by atoms with Gasteiger partial charge in [0.1, 0.15) is 0 Å². The summed E-state index contributed by atoms with van der Waals surface area (Å²) < 4.78 is 0. The molecule has 2 atom stereocenters. The fourth-order valence-corrected chi connectivity index (χ4v) is 3.90. The zero-order chi connectivity index (χ0) is 14.9. The number of nitrogens with one attached hydrogen (secondary N) is 1. The van der Waals surface area contributed by atoms with E-state index in [9.17, 15) is 4.79 Å². The molecule has 2 aliphatic heterocycles. The predicted molar refractivity (Wildman–Crippen MR) is 85.4 cm³/mol. The second kappa shape index (κ2) is 5.98. The average molecular weight is 307 g/mol. The summed E-state index contributed by atoms with van der Waals surface area (Å²) in [5, 5.41) is 4.20. The summed E-state index contributed by atoms with van der Waals surface area (Å²) in [6, 6.07) is 8.04. The second-order valence-electron chi connectivity index (χ2n) is 6.39. The standard InChI is InChI=1S/C17H23ClN2O/c1-17(10-4-5-11-19-17)16(21)20-12-6-9-15(20)13-7-2-3-8-14(13)18/h2-3,7-8,15,19H,4-6,9-12H2,1H3. The molecule has 4 heteroatoms. The van der Waals surface area contributed by atoms with Crippen molar-refractivity contribution in [2.24, 2.45) is 0 Å². The molecule has 1 amide bonds. The highest BCUT2D eigenvalue weighted by atomic mass is 35.5. The summed E-state index contributed by atoms with van der Waals surface area (Å²) >= 11 is 6.34. The van der Waals surface area contributed by atoms with Crippen LogP contribution in [0, 0.1) is 0 Å². The summed E-state index contributed by atoms with van der Waals surface area (Å²) in [4.78, 5) is 15.1. The summed E-state index contributed by atoms with van der Waals surface area (Å²) in [7, 11) is 0. The van der Waals surface area contributed by atoms with Gasteiger partial charge >= 0.3 is 0 Å². The van der Waals surface area contributed by atoms with Gasteiger partial charge in [-0.05, 0) is 57.2 Å². The fourth-order valence-electron chi connectivity index (χ4n) is 3.63. The van der Waals surface area contributed by atoms with Gasteiger partial charge in [-0.2, -0.15) is 0 Å². The number of carbonyl (C=O) groups is 1. The quantitative estimate of drug-likeness (QED) is 0.906. The Morgan fingerprint density at radius 2 is 2.14 bits per heavy atom. The number of halogens is 1. The zero-order valence-corrected chi connectivity index (χ0v) is 13.3. The maximum absolute atomic E-state index is 13.0. The Balaban J connectivity index is 1.84. The van der Waals surface area contributed by atoms with Crippen LogP contribution in [0.4, 0.5) is 0 Å². The number of hydrogen-bond donors (Lipinski definition) is 1. The maximum Gasteiger partial charge on any atom is 0.243 e. The highest BCUT2D eigenvalue weighted by molar-refractivity contribution is 6.31. The number of nitrogens with zero attached hydrogens (tertiary/aromatic N) is 1. The molecule has 3 nitrogen and oxygen atoms in total. The van der Waals surface area contributed by atoms with Crippen LogP contribution in [0.5, 0.6) is 0 Å². The van der Waals surface area contributed by atoms with Crippen molar-refractivity contribution in [1.29, 1.82) is 0 Å². The van der Waals surface area contributed by atoms with Gasteiger partial charge in [0.05, 0.1) is 11.6 Å². The van der Waals surface area contributed by atoms with Crippen LogP contribution >= 0.6 is 11.6 Å². The van der Waals surface area contributed by atoms with Crippen molar-refractivity contribution in [1.82, 2.24) is 10.2 Å². The van der Waals surface area contributed by atoms with Gasteiger partial charge in [-0.3, -0.25) is 4.79 Å². The van der Waals surface area contributed by atoms with Crippen molar-refractivity contribution >= 4 is 17.5 Å². The molecule has 2 saturated heterocycles. The van der Waals surface area contributed by atoms with E-state index in [1.807, 2.05) is 23.1 Å². The van der Waals surface area contributed by atoms with Gasteiger partial charge in [-0.15, -0.1) is 0 Å². The summed E-state index contributed by atoms with van der Waals surface area (Å²) in [5.41, 5.74) is 0.687. The molecule has 0 radical (unpaired) electrons. The molecule has 0 spiro atoms. The van der Waals surface area contributed by atoms with Crippen molar-refractivity contribution in [3.63, 3.8) is 0 Å². The summed E-state index contributed by atoms with van der Waals surface area (Å²) in [6.45, 7) is 3.83. The van der Waals surface area contributed by atoms with Crippen molar-refractivity contribution < 1.29 is 4.79 Å². The van der Waals surface area contributed by atoms with Gasteiger partial charge in [0.25, 0.3) is 0 Å². The zero-order valence-electron chi connectivity index (χ0n) is 12.6. The van der Waals surface area contributed by atoms with E-state index in [1.54, 1.807) is 0 Å². The van der Waals surface area contributed by atoms with E-state index < -0.39 is 5.54 Å². The molecule has 1 N–H and O–H groups in total. The minimum atomic E-state index is -0.401. The number of hydrogen-bond acceptors (Lipinski definition) is 2. The van der Waals surface area contributed by atoms with Crippen LogP contribution in [0.2, 0.25) is 5.02 Å². The Morgan fingerprint density at radius 1 is 1.33 bits per heavy atom. The van der Waals surface area contributed by atoms with Crippen LogP contribution in [0.15, 0.2) is 24.3 Å². The van der Waals surface area contributed by atoms with Crippen molar-refractivity contribution in [3.05, 3.63) is 34.9 Å². The molecule has 21 heavy (non-hydrogen) atoms. The maximum atomic E-state index is 13.0. The third kappa shape index (κ3) is 2.82. The molecule has 0 aliphatic carbocycles. The van der Waals surface area contributed by atoms with E-state index in [0.29, 0.717) is 0 Å². The van der Waals surface area contributed by atoms with E-state index in [0.717, 1.165) is 55.8 Å². The second-order valence-corrected chi connectivity index (χ2v) is 6.80. The average Bonchev–Trinajstić information content (AvgIpc) is 2.97. The molecule has 0 aromatic heterocycles. The first-order chi connectivity index (χ1) is 10.1. The minimum absolute atomic E-state index is 0.131. The molecule has 1 aromatic rings. The van der Waals surface area contributed by atoms with Crippen molar-refractivity contribution in [3.8, 4) is 0 Å². The van der Waals surface area contributed by atoms with Gasteiger partial charge in [0.15, 0.2) is 0 Å². The molecular formula is C17H23ClN2O. The van der Waals surface area contributed by atoms with Crippen LogP contribution in [-0.4, -0.2) is 29.4 Å². The van der Waals surface area contributed by atoms with Crippen LogP contribution in [0.3, 0.4) is 0 Å². The Hall–Kier alpha value is -1.06. The molecular weight excluding hydrogens is 284 g/mol. The van der Waals surface area contributed by atoms with Crippen LogP contribution in [0.1, 0.15) is 50.6 Å². The fraction of sp³-hybridized carbons (Fsp3) is 0.588. The Bertz CT molecular complexity index is 525. The molecule has 3 rings (SSSR count). The lowest BCUT2D eigenvalue weighted by atomic mass is 9.89. The normalized spacial score (nSPS) is 29.6. The number of rotatable bonds is 2. The molecule has 2 fully saturated rings. The van der Waals surface area contributed by atoms with E-state index in [1.165, 1.54) is 0 Å². The lowest BCUT2D eigenvalue weighted by Crippen LogP contribution is -2.57. The number of piperidine rings is 1. The molecule has 2 aliphatic rings. The van der Waals surface area contributed by atoms with Gasteiger partial charge in [-0.1, -0.05) is 29.8 Å². The number of amides is 1. The highest BCUT2D eigenvalue weighted by Crippen LogP contribution is 2.37.